The minimum Gasteiger partial charge on any atom is -0.492 e. The summed E-state index contributed by atoms with van der Waals surface area (Å²) in [5, 5.41) is 18.4. The highest BCUT2D eigenvalue weighted by Crippen LogP contribution is 2.35. The third kappa shape index (κ3) is 2.90. The zero-order valence-corrected chi connectivity index (χ0v) is 9.85. The second-order valence-electron chi connectivity index (χ2n) is 4.15. The number of benzene rings is 1. The van der Waals surface area contributed by atoms with Crippen LogP contribution in [0.2, 0.25) is 5.02 Å². The number of hydrogen-bond donors (Lipinski definition) is 2. The standard InChI is InChI=1S/C12H13ClO4/c13-10-8(11(14)12(15)16)2-1-3-9(10)17-6-7-4-5-7/h1-3,7,11,14H,4-6H2,(H,15,16). The van der Waals surface area contributed by atoms with E-state index in [1.165, 1.54) is 6.07 Å². The molecular formula is C12H13ClO4. The number of aliphatic hydroxyl groups is 1. The van der Waals surface area contributed by atoms with Gasteiger partial charge in [0.05, 0.1) is 11.6 Å². The van der Waals surface area contributed by atoms with E-state index in [1.807, 2.05) is 0 Å². The molecule has 0 saturated heterocycles. The summed E-state index contributed by atoms with van der Waals surface area (Å²) in [5.74, 6) is -0.318. The van der Waals surface area contributed by atoms with Gasteiger partial charge in [0.1, 0.15) is 5.75 Å². The minimum atomic E-state index is -1.62. The number of aliphatic hydroxyl groups excluding tert-OH is 1. The van der Waals surface area contributed by atoms with Crippen LogP contribution in [0.1, 0.15) is 24.5 Å². The SMILES string of the molecule is O=C(O)C(O)c1cccc(OCC2CC2)c1Cl. The zero-order valence-electron chi connectivity index (χ0n) is 9.10. The van der Waals surface area contributed by atoms with Crippen molar-refractivity contribution in [3.63, 3.8) is 0 Å². The van der Waals surface area contributed by atoms with Gasteiger partial charge in [-0.2, -0.15) is 0 Å². The van der Waals surface area contributed by atoms with Crippen molar-refractivity contribution < 1.29 is 19.7 Å². The van der Waals surface area contributed by atoms with Crippen LogP contribution in [0.4, 0.5) is 0 Å². The Morgan fingerprint density at radius 3 is 2.82 bits per heavy atom. The molecule has 1 aromatic rings. The van der Waals surface area contributed by atoms with Crippen molar-refractivity contribution in [2.24, 2.45) is 5.92 Å². The summed E-state index contributed by atoms with van der Waals surface area (Å²) in [7, 11) is 0. The van der Waals surface area contributed by atoms with Crippen molar-refractivity contribution in [1.29, 1.82) is 0 Å². The first-order valence-corrected chi connectivity index (χ1v) is 5.79. The number of ether oxygens (including phenoxy) is 1. The largest absolute Gasteiger partial charge is 0.492 e. The van der Waals surface area contributed by atoms with Crippen molar-refractivity contribution >= 4 is 17.6 Å². The fraction of sp³-hybridized carbons (Fsp3) is 0.417. The van der Waals surface area contributed by atoms with Crippen molar-refractivity contribution in [3.8, 4) is 5.75 Å². The van der Waals surface area contributed by atoms with Crippen LogP contribution < -0.4 is 4.74 Å². The van der Waals surface area contributed by atoms with E-state index in [1.54, 1.807) is 12.1 Å². The van der Waals surface area contributed by atoms with E-state index >= 15 is 0 Å². The van der Waals surface area contributed by atoms with Crippen LogP contribution in [0.3, 0.4) is 0 Å². The molecule has 0 aromatic heterocycles. The van der Waals surface area contributed by atoms with Crippen LogP contribution in [0.5, 0.6) is 5.75 Å². The van der Waals surface area contributed by atoms with Gasteiger partial charge >= 0.3 is 5.97 Å². The Balaban J connectivity index is 2.16. The average Bonchev–Trinajstić information content (AvgIpc) is 3.10. The molecule has 1 saturated carbocycles. The first-order chi connectivity index (χ1) is 8.09. The van der Waals surface area contributed by atoms with Gasteiger partial charge in [-0.15, -0.1) is 0 Å². The van der Waals surface area contributed by atoms with Gasteiger partial charge in [-0.3, -0.25) is 0 Å². The molecule has 1 aliphatic rings. The van der Waals surface area contributed by atoms with Gasteiger partial charge in [-0.05, 0) is 24.8 Å². The van der Waals surface area contributed by atoms with Gasteiger partial charge in [0.15, 0.2) is 6.10 Å². The Morgan fingerprint density at radius 1 is 1.53 bits per heavy atom. The lowest BCUT2D eigenvalue weighted by molar-refractivity contribution is -0.146. The van der Waals surface area contributed by atoms with Crippen molar-refractivity contribution in [2.75, 3.05) is 6.61 Å². The van der Waals surface area contributed by atoms with E-state index in [9.17, 15) is 9.90 Å². The summed E-state index contributed by atoms with van der Waals surface area (Å²) in [6.07, 6.45) is 0.705. The Labute approximate surface area is 104 Å². The van der Waals surface area contributed by atoms with Crippen molar-refractivity contribution in [2.45, 2.75) is 18.9 Å². The van der Waals surface area contributed by atoms with Gasteiger partial charge < -0.3 is 14.9 Å². The summed E-state index contributed by atoms with van der Waals surface area (Å²) in [4.78, 5) is 10.7. The summed E-state index contributed by atoms with van der Waals surface area (Å²) < 4.78 is 5.50. The van der Waals surface area contributed by atoms with Gasteiger partial charge in [0, 0.05) is 5.56 Å². The molecule has 0 aliphatic heterocycles. The zero-order chi connectivity index (χ0) is 12.4. The second kappa shape index (κ2) is 4.94. The minimum absolute atomic E-state index is 0.160. The molecule has 0 spiro atoms. The molecule has 0 heterocycles. The lowest BCUT2D eigenvalue weighted by atomic mass is 10.1. The average molecular weight is 257 g/mol. The molecule has 1 fully saturated rings. The molecule has 1 atom stereocenters. The first kappa shape index (κ1) is 12.2. The third-order valence-corrected chi connectivity index (χ3v) is 3.10. The van der Waals surface area contributed by atoms with Crippen molar-refractivity contribution in [3.05, 3.63) is 28.8 Å². The van der Waals surface area contributed by atoms with E-state index < -0.39 is 12.1 Å². The molecule has 2 N–H and O–H groups in total. The molecule has 92 valence electrons. The van der Waals surface area contributed by atoms with Crippen LogP contribution >= 0.6 is 11.6 Å². The molecule has 1 aliphatic carbocycles. The Bertz CT molecular complexity index is 429. The highest BCUT2D eigenvalue weighted by Gasteiger charge is 2.24. The molecule has 0 bridgehead atoms. The normalized spacial score (nSPS) is 16.6. The topological polar surface area (TPSA) is 66.8 Å². The smallest absolute Gasteiger partial charge is 0.337 e. The molecule has 2 rings (SSSR count). The molecule has 5 heteroatoms. The maximum atomic E-state index is 10.7. The molecule has 0 amide bonds. The summed E-state index contributed by atoms with van der Waals surface area (Å²) in [5.41, 5.74) is 0.160. The lowest BCUT2D eigenvalue weighted by Gasteiger charge is -2.12. The fourth-order valence-electron chi connectivity index (χ4n) is 1.48. The predicted molar refractivity (Wildman–Crippen MR) is 62.3 cm³/mol. The summed E-state index contributed by atoms with van der Waals surface area (Å²) >= 11 is 6.00. The van der Waals surface area contributed by atoms with E-state index in [0.29, 0.717) is 18.3 Å². The monoisotopic (exact) mass is 256 g/mol. The molecular weight excluding hydrogens is 244 g/mol. The van der Waals surface area contributed by atoms with E-state index in [-0.39, 0.29) is 10.6 Å². The number of carboxylic acid groups (broad SMARTS) is 1. The second-order valence-corrected chi connectivity index (χ2v) is 4.53. The van der Waals surface area contributed by atoms with E-state index in [0.717, 1.165) is 12.8 Å². The molecule has 0 radical (unpaired) electrons. The van der Waals surface area contributed by atoms with Crippen molar-refractivity contribution in [1.82, 2.24) is 0 Å². The highest BCUT2D eigenvalue weighted by atomic mass is 35.5. The van der Waals surface area contributed by atoms with Crippen LogP contribution in [0.15, 0.2) is 18.2 Å². The quantitative estimate of drug-likeness (QED) is 0.848. The molecule has 1 aromatic carbocycles. The predicted octanol–water partition coefficient (Wildman–Crippen LogP) is 2.25. The summed E-state index contributed by atoms with van der Waals surface area (Å²) in [6, 6.07) is 4.77. The maximum absolute atomic E-state index is 10.7. The Kier molecular flexibility index (Phi) is 3.54. The lowest BCUT2D eigenvalue weighted by Crippen LogP contribution is -2.11. The van der Waals surface area contributed by atoms with E-state index in [2.05, 4.69) is 0 Å². The molecule has 4 nitrogen and oxygen atoms in total. The maximum Gasteiger partial charge on any atom is 0.337 e. The Morgan fingerprint density at radius 2 is 2.24 bits per heavy atom. The number of carbonyl (C=O) groups is 1. The van der Waals surface area contributed by atoms with E-state index in [4.69, 9.17) is 21.4 Å². The van der Waals surface area contributed by atoms with Gasteiger partial charge in [0.2, 0.25) is 0 Å². The number of carboxylic acids is 1. The van der Waals surface area contributed by atoms with Crippen LogP contribution in [-0.2, 0) is 4.79 Å². The Hall–Kier alpha value is -1.26. The molecule has 1 unspecified atom stereocenters. The van der Waals surface area contributed by atoms with Crippen LogP contribution in [0.25, 0.3) is 0 Å². The van der Waals surface area contributed by atoms with Gasteiger partial charge in [0.25, 0.3) is 0 Å². The molecule has 17 heavy (non-hydrogen) atoms. The number of rotatable bonds is 5. The first-order valence-electron chi connectivity index (χ1n) is 5.41. The van der Waals surface area contributed by atoms with Crippen LogP contribution in [0, 0.1) is 5.92 Å². The van der Waals surface area contributed by atoms with Crippen LogP contribution in [-0.4, -0.2) is 22.8 Å². The highest BCUT2D eigenvalue weighted by molar-refractivity contribution is 6.33. The van der Waals surface area contributed by atoms with Gasteiger partial charge in [-0.1, -0.05) is 23.7 Å². The fourth-order valence-corrected chi connectivity index (χ4v) is 1.76. The third-order valence-electron chi connectivity index (χ3n) is 2.69. The number of halogens is 1. The number of aliphatic carboxylic acids is 1. The summed E-state index contributed by atoms with van der Waals surface area (Å²) in [6.45, 7) is 0.590. The number of hydrogen-bond acceptors (Lipinski definition) is 3. The van der Waals surface area contributed by atoms with Gasteiger partial charge in [-0.25, -0.2) is 4.79 Å².